The Balaban J connectivity index is 1.66. The van der Waals surface area contributed by atoms with Gasteiger partial charge in [-0.15, -0.1) is 0 Å². The number of hydrogen-bond acceptors (Lipinski definition) is 3. The Morgan fingerprint density at radius 2 is 0.630 bits per heavy atom. The van der Waals surface area contributed by atoms with Gasteiger partial charge in [-0.3, -0.25) is 16.0 Å². The largest absolute Gasteiger partial charge is 0.279 e. The zero-order valence-electron chi connectivity index (χ0n) is 14.3. The van der Waals surface area contributed by atoms with E-state index in [1.807, 2.05) is 72.8 Å². The van der Waals surface area contributed by atoms with Gasteiger partial charge in [-0.25, -0.2) is 0 Å². The second kappa shape index (κ2) is 8.19. The van der Waals surface area contributed by atoms with Crippen LogP contribution in [0, 0.1) is 0 Å². The molecule has 4 rings (SSSR count). The molecule has 0 saturated carbocycles. The van der Waals surface area contributed by atoms with Crippen molar-refractivity contribution in [2.75, 3.05) is 0 Å². The van der Waals surface area contributed by atoms with Crippen LogP contribution >= 0.6 is 34.8 Å². The fourth-order valence-electron chi connectivity index (χ4n) is 3.19. The number of rotatable bonds is 3. The van der Waals surface area contributed by atoms with Crippen LogP contribution in [0.3, 0.4) is 0 Å². The molecule has 27 heavy (non-hydrogen) atoms. The Kier molecular flexibility index (Phi) is 5.69. The third-order valence-electron chi connectivity index (χ3n) is 4.61. The zero-order chi connectivity index (χ0) is 18.8. The molecule has 0 spiro atoms. The van der Waals surface area contributed by atoms with E-state index >= 15 is 0 Å². The van der Waals surface area contributed by atoms with Gasteiger partial charge in [-0.2, -0.15) is 0 Å². The molecule has 0 aliphatic carbocycles. The van der Waals surface area contributed by atoms with Gasteiger partial charge in [-0.05, 0) is 53.1 Å². The van der Waals surface area contributed by atoms with E-state index < -0.39 is 0 Å². The molecule has 1 saturated heterocycles. The summed E-state index contributed by atoms with van der Waals surface area (Å²) in [5, 5.41) is 13.0. The smallest absolute Gasteiger partial charge is 0.0864 e. The molecule has 1 aliphatic heterocycles. The zero-order valence-corrected chi connectivity index (χ0v) is 16.6. The number of nitrogens with one attached hydrogen (secondary N) is 3. The Morgan fingerprint density at radius 1 is 0.407 bits per heavy atom. The lowest BCUT2D eigenvalue weighted by Crippen LogP contribution is -2.54. The molecule has 3 aromatic carbocycles. The first-order valence-electron chi connectivity index (χ1n) is 8.63. The fraction of sp³-hybridized carbons (Fsp3) is 0.143. The highest BCUT2D eigenvalue weighted by Gasteiger charge is 2.29. The van der Waals surface area contributed by atoms with Crippen LogP contribution in [-0.2, 0) is 0 Å². The van der Waals surface area contributed by atoms with Crippen LogP contribution in [-0.4, -0.2) is 0 Å². The van der Waals surface area contributed by atoms with Gasteiger partial charge in [0.1, 0.15) is 0 Å². The summed E-state index contributed by atoms with van der Waals surface area (Å²) in [4.78, 5) is 0. The standard InChI is InChI=1S/C21H18Cl3N3/c22-16-7-1-13(2-8-16)19-25-20(14-3-9-17(23)10-4-14)27-21(26-19)15-5-11-18(24)12-6-15/h1-12,19-21,25-27H. The predicted molar refractivity (Wildman–Crippen MR) is 112 cm³/mol. The van der Waals surface area contributed by atoms with E-state index in [9.17, 15) is 0 Å². The maximum absolute atomic E-state index is 6.05. The Labute approximate surface area is 173 Å². The van der Waals surface area contributed by atoms with Crippen molar-refractivity contribution >= 4 is 34.8 Å². The van der Waals surface area contributed by atoms with E-state index in [2.05, 4.69) is 16.0 Å². The Bertz CT molecular complexity index is 767. The minimum Gasteiger partial charge on any atom is -0.279 e. The highest BCUT2D eigenvalue weighted by Crippen LogP contribution is 2.28. The number of benzene rings is 3. The predicted octanol–water partition coefficient (Wildman–Crippen LogP) is 5.83. The Hall–Kier alpha value is -1.59. The van der Waals surface area contributed by atoms with Crippen LogP contribution in [0.1, 0.15) is 35.2 Å². The number of hydrogen-bond donors (Lipinski definition) is 3. The molecule has 138 valence electrons. The molecule has 3 aromatic rings. The van der Waals surface area contributed by atoms with Crippen LogP contribution in [0.4, 0.5) is 0 Å². The minimum atomic E-state index is -0.0510. The van der Waals surface area contributed by atoms with Crippen molar-refractivity contribution in [3.8, 4) is 0 Å². The lowest BCUT2D eigenvalue weighted by molar-refractivity contribution is 0.203. The van der Waals surface area contributed by atoms with Crippen molar-refractivity contribution in [3.63, 3.8) is 0 Å². The summed E-state index contributed by atoms with van der Waals surface area (Å²) in [6, 6.07) is 23.5. The first-order chi connectivity index (χ1) is 13.1. The SMILES string of the molecule is Clc1ccc(C2NC(c3ccc(Cl)cc3)NC(c3ccc(Cl)cc3)N2)cc1. The molecule has 0 aromatic heterocycles. The second-order valence-corrected chi connectivity index (χ2v) is 7.76. The normalized spacial score (nSPS) is 22.6. The molecule has 0 unspecified atom stereocenters. The molecule has 3 N–H and O–H groups in total. The summed E-state index contributed by atoms with van der Waals surface area (Å²) >= 11 is 18.2. The summed E-state index contributed by atoms with van der Waals surface area (Å²) < 4.78 is 0. The van der Waals surface area contributed by atoms with E-state index in [1.54, 1.807) is 0 Å². The fourth-order valence-corrected chi connectivity index (χ4v) is 3.57. The average Bonchev–Trinajstić information content (AvgIpc) is 2.69. The van der Waals surface area contributed by atoms with Crippen molar-refractivity contribution in [1.82, 2.24) is 16.0 Å². The van der Waals surface area contributed by atoms with Gasteiger partial charge >= 0.3 is 0 Å². The van der Waals surface area contributed by atoms with Crippen LogP contribution in [0.25, 0.3) is 0 Å². The lowest BCUT2D eigenvalue weighted by Gasteiger charge is -2.39. The van der Waals surface area contributed by atoms with Crippen molar-refractivity contribution in [3.05, 3.63) is 105 Å². The molecule has 1 fully saturated rings. The van der Waals surface area contributed by atoms with Gasteiger partial charge in [0.2, 0.25) is 0 Å². The van der Waals surface area contributed by atoms with Crippen LogP contribution < -0.4 is 16.0 Å². The van der Waals surface area contributed by atoms with E-state index in [4.69, 9.17) is 34.8 Å². The van der Waals surface area contributed by atoms with Crippen molar-refractivity contribution in [2.45, 2.75) is 18.5 Å². The van der Waals surface area contributed by atoms with Gasteiger partial charge in [0.15, 0.2) is 0 Å². The highest BCUT2D eigenvalue weighted by molar-refractivity contribution is 6.31. The maximum atomic E-state index is 6.05. The quantitative estimate of drug-likeness (QED) is 0.501. The van der Waals surface area contributed by atoms with Gasteiger partial charge in [-0.1, -0.05) is 71.2 Å². The second-order valence-electron chi connectivity index (χ2n) is 6.45. The van der Waals surface area contributed by atoms with E-state index in [1.165, 1.54) is 0 Å². The molecule has 0 atom stereocenters. The molecule has 0 amide bonds. The summed E-state index contributed by atoms with van der Waals surface area (Å²) in [5.74, 6) is 0. The molecule has 0 bridgehead atoms. The summed E-state index contributed by atoms with van der Waals surface area (Å²) in [5.41, 5.74) is 3.33. The number of halogens is 3. The van der Waals surface area contributed by atoms with Crippen LogP contribution in [0.5, 0.6) is 0 Å². The highest BCUT2D eigenvalue weighted by atomic mass is 35.5. The monoisotopic (exact) mass is 417 g/mol. The third kappa shape index (κ3) is 4.46. The molecule has 1 heterocycles. The van der Waals surface area contributed by atoms with Crippen LogP contribution in [0.15, 0.2) is 72.8 Å². The molecule has 3 nitrogen and oxygen atoms in total. The van der Waals surface area contributed by atoms with Crippen molar-refractivity contribution in [2.24, 2.45) is 0 Å². The third-order valence-corrected chi connectivity index (χ3v) is 5.37. The van der Waals surface area contributed by atoms with Crippen molar-refractivity contribution < 1.29 is 0 Å². The van der Waals surface area contributed by atoms with Gasteiger partial charge in [0.05, 0.1) is 18.5 Å². The molecule has 0 radical (unpaired) electrons. The molecule has 6 heteroatoms. The van der Waals surface area contributed by atoms with Gasteiger partial charge < -0.3 is 0 Å². The first kappa shape index (κ1) is 18.8. The van der Waals surface area contributed by atoms with E-state index in [0.29, 0.717) is 0 Å². The summed E-state index contributed by atoms with van der Waals surface area (Å²) in [6.45, 7) is 0. The first-order valence-corrected chi connectivity index (χ1v) is 9.76. The molecule has 1 aliphatic rings. The van der Waals surface area contributed by atoms with Crippen molar-refractivity contribution in [1.29, 1.82) is 0 Å². The van der Waals surface area contributed by atoms with Crippen LogP contribution in [0.2, 0.25) is 15.1 Å². The topological polar surface area (TPSA) is 36.1 Å². The molecular formula is C21H18Cl3N3. The van der Waals surface area contributed by atoms with E-state index in [0.717, 1.165) is 31.8 Å². The summed E-state index contributed by atoms with van der Waals surface area (Å²) in [6.07, 6.45) is -0.153. The van der Waals surface area contributed by atoms with E-state index in [-0.39, 0.29) is 18.5 Å². The van der Waals surface area contributed by atoms with Gasteiger partial charge in [0, 0.05) is 15.1 Å². The lowest BCUT2D eigenvalue weighted by atomic mass is 10.0. The summed E-state index contributed by atoms with van der Waals surface area (Å²) in [7, 11) is 0. The average molecular weight is 419 g/mol. The maximum Gasteiger partial charge on any atom is 0.0864 e. The Morgan fingerprint density at radius 3 is 0.852 bits per heavy atom. The minimum absolute atomic E-state index is 0.0510. The van der Waals surface area contributed by atoms with Gasteiger partial charge in [0.25, 0.3) is 0 Å². The molecular weight excluding hydrogens is 401 g/mol.